The van der Waals surface area contributed by atoms with Crippen LogP contribution in [0.3, 0.4) is 0 Å². The third-order valence-corrected chi connectivity index (χ3v) is 5.03. The largest absolute Gasteiger partial charge is 0.146 e. The van der Waals surface area contributed by atoms with Crippen LogP contribution in [-0.4, -0.2) is 12.5 Å². The highest BCUT2D eigenvalue weighted by atomic mass is 32.2. The molecule has 0 radical (unpaired) electrons. The molecule has 0 aliphatic heterocycles. The van der Waals surface area contributed by atoms with Crippen LogP contribution in [0.1, 0.15) is 10.1 Å². The number of benzene rings is 2. The van der Waals surface area contributed by atoms with Gasteiger partial charge in [-0.25, -0.2) is 0 Å². The zero-order valence-corrected chi connectivity index (χ0v) is 10.6. The maximum atomic E-state index is 2.30. The van der Waals surface area contributed by atoms with E-state index in [0.29, 0.717) is 4.58 Å². The first-order valence-corrected chi connectivity index (χ1v) is 7.47. The molecule has 78 valence electrons. The summed E-state index contributed by atoms with van der Waals surface area (Å²) in [5, 5.41) is 2.66. The highest BCUT2D eigenvalue weighted by molar-refractivity contribution is 8.15. The van der Waals surface area contributed by atoms with Gasteiger partial charge < -0.3 is 0 Å². The summed E-state index contributed by atoms with van der Waals surface area (Å²) in [5.74, 6) is 0. The van der Waals surface area contributed by atoms with Gasteiger partial charge >= 0.3 is 0 Å². The summed E-state index contributed by atoms with van der Waals surface area (Å²) in [6.07, 6.45) is 4.33. The molecule has 0 fully saturated rings. The monoisotopic (exact) mass is 234 g/mol. The first-order chi connectivity index (χ1) is 7.35. The highest BCUT2D eigenvalue weighted by Crippen LogP contribution is 2.36. The van der Waals surface area contributed by atoms with Crippen LogP contribution in [0, 0.1) is 0 Å². The van der Waals surface area contributed by atoms with Crippen LogP contribution in [-0.2, 0) is 0 Å². The van der Waals surface area contributed by atoms with Crippen LogP contribution in [0.25, 0.3) is 10.8 Å². The molecule has 15 heavy (non-hydrogen) atoms. The molecule has 2 aromatic rings. The van der Waals surface area contributed by atoms with Crippen molar-refractivity contribution in [1.29, 1.82) is 0 Å². The average molecular weight is 234 g/mol. The van der Waals surface area contributed by atoms with E-state index in [0.717, 1.165) is 0 Å². The van der Waals surface area contributed by atoms with Crippen LogP contribution < -0.4 is 0 Å². The maximum Gasteiger partial charge on any atom is 0.0745 e. The smallest absolute Gasteiger partial charge is 0.0745 e. The lowest BCUT2D eigenvalue weighted by Crippen LogP contribution is -1.87. The Bertz CT molecular complexity index is 447. The molecule has 2 heteroatoms. The summed E-state index contributed by atoms with van der Waals surface area (Å²) in [7, 11) is 0. The lowest BCUT2D eigenvalue weighted by Gasteiger charge is -2.12. The number of hydrogen-bond donors (Lipinski definition) is 0. The fraction of sp³-hybridized carbons (Fsp3) is 0.231. The van der Waals surface area contributed by atoms with Crippen LogP contribution in [0.15, 0.2) is 42.5 Å². The topological polar surface area (TPSA) is 0 Å². The van der Waals surface area contributed by atoms with Gasteiger partial charge in [0, 0.05) is 0 Å². The van der Waals surface area contributed by atoms with Crippen molar-refractivity contribution in [3.05, 3.63) is 48.0 Å². The molecule has 0 unspecified atom stereocenters. The van der Waals surface area contributed by atoms with Crippen molar-refractivity contribution in [3.8, 4) is 0 Å². The van der Waals surface area contributed by atoms with Crippen LogP contribution in [0.2, 0.25) is 0 Å². The van der Waals surface area contributed by atoms with E-state index < -0.39 is 0 Å². The van der Waals surface area contributed by atoms with Crippen LogP contribution in [0.4, 0.5) is 0 Å². The van der Waals surface area contributed by atoms with Gasteiger partial charge in [-0.05, 0) is 34.9 Å². The maximum absolute atomic E-state index is 2.30. The van der Waals surface area contributed by atoms with Crippen LogP contribution >= 0.6 is 23.5 Å². The Labute approximate surface area is 99.5 Å². The second kappa shape index (κ2) is 4.95. The Morgan fingerprint density at radius 3 is 2.20 bits per heavy atom. The number of fused-ring (bicyclic) bond motifs is 1. The van der Waals surface area contributed by atoms with Gasteiger partial charge in [-0.15, -0.1) is 23.5 Å². The van der Waals surface area contributed by atoms with Gasteiger partial charge in [0.1, 0.15) is 0 Å². The van der Waals surface area contributed by atoms with Crippen molar-refractivity contribution in [3.63, 3.8) is 0 Å². The fourth-order valence-corrected chi connectivity index (χ4v) is 3.33. The Balaban J connectivity index is 2.46. The molecule has 0 bridgehead atoms. The summed E-state index contributed by atoms with van der Waals surface area (Å²) in [4.78, 5) is 0. The van der Waals surface area contributed by atoms with Gasteiger partial charge in [0.2, 0.25) is 0 Å². The molecule has 0 aliphatic rings. The lowest BCUT2D eigenvalue weighted by molar-refractivity contribution is 1.41. The van der Waals surface area contributed by atoms with Gasteiger partial charge in [-0.1, -0.05) is 36.4 Å². The van der Waals surface area contributed by atoms with Crippen molar-refractivity contribution in [2.24, 2.45) is 0 Å². The molecule has 0 aromatic heterocycles. The van der Waals surface area contributed by atoms with Crippen molar-refractivity contribution in [2.45, 2.75) is 4.58 Å². The molecule has 0 saturated carbocycles. The summed E-state index contributed by atoms with van der Waals surface area (Å²) < 4.78 is 0.551. The second-order valence-electron chi connectivity index (χ2n) is 3.41. The Morgan fingerprint density at radius 1 is 0.867 bits per heavy atom. The first kappa shape index (κ1) is 10.9. The minimum absolute atomic E-state index is 0.551. The standard InChI is InChI=1S/C13H14S2/c1-14-13(15-2)12-8-7-10-5-3-4-6-11(10)9-12/h3-9,13H,1-2H3. The van der Waals surface area contributed by atoms with Crippen molar-refractivity contribution in [1.82, 2.24) is 0 Å². The molecule has 0 saturated heterocycles. The van der Waals surface area contributed by atoms with E-state index in [1.54, 1.807) is 0 Å². The van der Waals surface area contributed by atoms with E-state index in [-0.39, 0.29) is 0 Å². The van der Waals surface area contributed by atoms with Crippen molar-refractivity contribution in [2.75, 3.05) is 12.5 Å². The summed E-state index contributed by atoms with van der Waals surface area (Å²) in [6, 6.07) is 15.3. The molecule has 0 N–H and O–H groups in total. The molecule has 0 amide bonds. The van der Waals surface area contributed by atoms with Crippen LogP contribution in [0.5, 0.6) is 0 Å². The van der Waals surface area contributed by atoms with E-state index in [1.807, 2.05) is 23.5 Å². The van der Waals surface area contributed by atoms with E-state index in [4.69, 9.17) is 0 Å². The molecule has 0 nitrogen and oxygen atoms in total. The van der Waals surface area contributed by atoms with E-state index in [1.165, 1.54) is 16.3 Å². The number of hydrogen-bond acceptors (Lipinski definition) is 2. The van der Waals surface area contributed by atoms with E-state index in [2.05, 4.69) is 55.0 Å². The van der Waals surface area contributed by atoms with Crippen molar-refractivity contribution >= 4 is 34.3 Å². The molecule has 0 aliphatic carbocycles. The minimum Gasteiger partial charge on any atom is -0.146 e. The quantitative estimate of drug-likeness (QED) is 0.714. The third-order valence-electron chi connectivity index (χ3n) is 2.47. The predicted octanol–water partition coefficient (Wildman–Crippen LogP) is 4.56. The fourth-order valence-electron chi connectivity index (χ4n) is 1.72. The summed E-state index contributed by atoms with van der Waals surface area (Å²) >= 11 is 3.79. The zero-order chi connectivity index (χ0) is 10.7. The van der Waals surface area contributed by atoms with Gasteiger partial charge in [0.05, 0.1) is 4.58 Å². The first-order valence-electron chi connectivity index (χ1n) is 4.89. The predicted molar refractivity (Wildman–Crippen MR) is 73.7 cm³/mol. The minimum atomic E-state index is 0.551. The van der Waals surface area contributed by atoms with Gasteiger partial charge in [-0.3, -0.25) is 0 Å². The van der Waals surface area contributed by atoms with Gasteiger partial charge in [0.15, 0.2) is 0 Å². The Kier molecular flexibility index (Phi) is 3.60. The molecule has 0 heterocycles. The molecule has 0 atom stereocenters. The molecule has 2 rings (SSSR count). The second-order valence-corrected chi connectivity index (χ2v) is 5.59. The SMILES string of the molecule is CSC(SC)c1ccc2ccccc2c1. The average Bonchev–Trinajstić information content (AvgIpc) is 2.30. The molecular weight excluding hydrogens is 220 g/mol. The molecular formula is C13H14S2. The number of rotatable bonds is 3. The highest BCUT2D eigenvalue weighted by Gasteiger charge is 2.07. The molecule has 0 spiro atoms. The summed E-state index contributed by atoms with van der Waals surface area (Å²) in [6.45, 7) is 0. The van der Waals surface area contributed by atoms with Crippen molar-refractivity contribution < 1.29 is 0 Å². The molecule has 2 aromatic carbocycles. The van der Waals surface area contributed by atoms with E-state index in [9.17, 15) is 0 Å². The Hall–Kier alpha value is -0.600. The Morgan fingerprint density at radius 2 is 1.53 bits per heavy atom. The van der Waals surface area contributed by atoms with Gasteiger partial charge in [-0.2, -0.15) is 0 Å². The lowest BCUT2D eigenvalue weighted by atomic mass is 10.1. The van der Waals surface area contributed by atoms with Gasteiger partial charge in [0.25, 0.3) is 0 Å². The number of thioether (sulfide) groups is 2. The zero-order valence-electron chi connectivity index (χ0n) is 8.94. The normalized spacial score (nSPS) is 11.1. The third kappa shape index (κ3) is 2.32. The van der Waals surface area contributed by atoms with E-state index >= 15 is 0 Å². The summed E-state index contributed by atoms with van der Waals surface area (Å²) in [5.41, 5.74) is 1.41.